The van der Waals surface area contributed by atoms with Gasteiger partial charge in [-0.3, -0.25) is 4.79 Å². The molecular weight excluding hydrogens is 442 g/mol. The van der Waals surface area contributed by atoms with Gasteiger partial charge in [0.1, 0.15) is 9.88 Å². The Morgan fingerprint density at radius 2 is 1.93 bits per heavy atom. The Morgan fingerprint density at radius 3 is 2.60 bits per heavy atom. The summed E-state index contributed by atoms with van der Waals surface area (Å²) in [5.74, 6) is -0.184. The number of amides is 1. The standard InChI is InChI=1S/C20H21N3O4S3/c1-14-18(29-20(22-14)16-6-11-28-13-16)19(24)21-12-15-2-4-17(5-3-15)30(25,26)23-7-9-27-10-8-23/h2-6,11,13H,7-10,12H2,1H3,(H,21,24). The molecule has 2 aromatic heterocycles. The van der Waals surface area contributed by atoms with E-state index in [9.17, 15) is 13.2 Å². The number of nitrogens with zero attached hydrogens (tertiary/aromatic N) is 2. The highest BCUT2D eigenvalue weighted by molar-refractivity contribution is 7.89. The van der Waals surface area contributed by atoms with Crippen LogP contribution in [0.3, 0.4) is 0 Å². The number of morpholine rings is 1. The van der Waals surface area contributed by atoms with E-state index in [1.54, 1.807) is 35.6 Å². The maximum atomic E-state index is 12.7. The van der Waals surface area contributed by atoms with E-state index >= 15 is 0 Å². The number of benzene rings is 1. The Labute approximate surface area is 183 Å². The fraction of sp³-hybridized carbons (Fsp3) is 0.300. The molecule has 0 radical (unpaired) electrons. The number of carbonyl (C=O) groups excluding carboxylic acids is 1. The van der Waals surface area contributed by atoms with Crippen molar-refractivity contribution in [2.45, 2.75) is 18.4 Å². The van der Waals surface area contributed by atoms with Crippen molar-refractivity contribution in [1.82, 2.24) is 14.6 Å². The van der Waals surface area contributed by atoms with Crippen molar-refractivity contribution in [1.29, 1.82) is 0 Å². The molecule has 0 atom stereocenters. The van der Waals surface area contributed by atoms with E-state index in [1.807, 2.05) is 23.8 Å². The van der Waals surface area contributed by atoms with Gasteiger partial charge in [0.05, 0.1) is 23.8 Å². The summed E-state index contributed by atoms with van der Waals surface area (Å²) in [5.41, 5.74) is 2.54. The second-order valence-electron chi connectivity index (χ2n) is 6.79. The number of thiophene rings is 1. The predicted molar refractivity (Wildman–Crippen MR) is 117 cm³/mol. The zero-order valence-electron chi connectivity index (χ0n) is 16.3. The quantitative estimate of drug-likeness (QED) is 0.607. The minimum Gasteiger partial charge on any atom is -0.379 e. The number of rotatable bonds is 6. The Bertz CT molecular complexity index is 1120. The second-order valence-corrected chi connectivity index (χ2v) is 10.5. The van der Waals surface area contributed by atoms with Crippen molar-refractivity contribution in [2.75, 3.05) is 26.3 Å². The van der Waals surface area contributed by atoms with Crippen molar-refractivity contribution in [3.05, 3.63) is 57.2 Å². The molecule has 0 unspecified atom stereocenters. The third-order valence-electron chi connectivity index (χ3n) is 4.76. The van der Waals surface area contributed by atoms with Crippen LogP contribution in [0.15, 0.2) is 46.0 Å². The largest absolute Gasteiger partial charge is 0.379 e. The Balaban J connectivity index is 1.40. The molecule has 1 aliphatic heterocycles. The molecule has 0 bridgehead atoms. The Morgan fingerprint density at radius 1 is 1.20 bits per heavy atom. The van der Waals surface area contributed by atoms with E-state index in [0.29, 0.717) is 43.4 Å². The van der Waals surface area contributed by atoms with Crippen LogP contribution in [0.4, 0.5) is 0 Å². The number of carbonyl (C=O) groups is 1. The maximum Gasteiger partial charge on any atom is 0.263 e. The molecule has 1 fully saturated rings. The molecule has 0 spiro atoms. The molecule has 3 heterocycles. The second kappa shape index (κ2) is 8.94. The lowest BCUT2D eigenvalue weighted by Crippen LogP contribution is -2.40. The predicted octanol–water partition coefficient (Wildman–Crippen LogP) is 3.13. The van der Waals surface area contributed by atoms with Crippen LogP contribution in [0.2, 0.25) is 0 Å². The van der Waals surface area contributed by atoms with E-state index in [1.165, 1.54) is 15.6 Å². The van der Waals surface area contributed by atoms with Gasteiger partial charge in [-0.2, -0.15) is 15.6 Å². The first-order valence-electron chi connectivity index (χ1n) is 9.40. The highest BCUT2D eigenvalue weighted by atomic mass is 32.2. The van der Waals surface area contributed by atoms with Gasteiger partial charge in [0.15, 0.2) is 0 Å². The molecule has 3 aromatic rings. The fourth-order valence-electron chi connectivity index (χ4n) is 3.09. The zero-order chi connectivity index (χ0) is 21.1. The number of sulfonamides is 1. The number of ether oxygens (including phenoxy) is 1. The van der Waals surface area contributed by atoms with Gasteiger partial charge in [0.25, 0.3) is 5.91 Å². The first kappa shape index (κ1) is 21.1. The highest BCUT2D eigenvalue weighted by Gasteiger charge is 2.26. The molecule has 0 saturated carbocycles. The molecule has 4 rings (SSSR count). The van der Waals surface area contributed by atoms with E-state index in [4.69, 9.17) is 4.74 Å². The Hall–Kier alpha value is -2.11. The molecule has 1 aromatic carbocycles. The summed E-state index contributed by atoms with van der Waals surface area (Å²) in [5, 5.41) is 7.71. The van der Waals surface area contributed by atoms with E-state index < -0.39 is 10.0 Å². The number of thiazole rings is 1. The third-order valence-corrected chi connectivity index (χ3v) is 8.56. The minimum absolute atomic E-state index is 0.184. The minimum atomic E-state index is -3.52. The number of aryl methyl sites for hydroxylation is 1. The molecule has 1 saturated heterocycles. The topological polar surface area (TPSA) is 88.6 Å². The average molecular weight is 464 g/mol. The summed E-state index contributed by atoms with van der Waals surface area (Å²) in [6.07, 6.45) is 0. The van der Waals surface area contributed by atoms with Crippen LogP contribution in [0.1, 0.15) is 20.9 Å². The van der Waals surface area contributed by atoms with Crippen LogP contribution in [0, 0.1) is 6.92 Å². The van der Waals surface area contributed by atoms with Crippen LogP contribution < -0.4 is 5.32 Å². The molecule has 7 nitrogen and oxygen atoms in total. The van der Waals surface area contributed by atoms with Gasteiger partial charge in [-0.15, -0.1) is 11.3 Å². The first-order chi connectivity index (χ1) is 14.4. The normalized spacial score (nSPS) is 15.2. The molecule has 1 N–H and O–H groups in total. The van der Waals surface area contributed by atoms with E-state index in [-0.39, 0.29) is 10.8 Å². The van der Waals surface area contributed by atoms with Crippen LogP contribution in [0.5, 0.6) is 0 Å². The van der Waals surface area contributed by atoms with E-state index in [0.717, 1.165) is 16.1 Å². The van der Waals surface area contributed by atoms with Crippen LogP contribution >= 0.6 is 22.7 Å². The highest BCUT2D eigenvalue weighted by Crippen LogP contribution is 2.29. The monoisotopic (exact) mass is 463 g/mol. The summed E-state index contributed by atoms with van der Waals surface area (Å²) in [7, 11) is -3.52. The van der Waals surface area contributed by atoms with Crippen molar-refractivity contribution in [3.8, 4) is 10.6 Å². The number of hydrogen-bond acceptors (Lipinski definition) is 7. The molecule has 30 heavy (non-hydrogen) atoms. The Kier molecular flexibility index (Phi) is 6.30. The van der Waals surface area contributed by atoms with Crippen molar-refractivity contribution in [2.24, 2.45) is 0 Å². The van der Waals surface area contributed by atoms with Crippen molar-refractivity contribution < 1.29 is 17.9 Å². The molecule has 1 amide bonds. The van der Waals surface area contributed by atoms with Gasteiger partial charge in [-0.05, 0) is 36.1 Å². The van der Waals surface area contributed by atoms with Crippen LogP contribution in [0.25, 0.3) is 10.6 Å². The molecule has 0 aliphatic carbocycles. The summed E-state index contributed by atoms with van der Waals surface area (Å²) in [4.78, 5) is 17.9. The summed E-state index contributed by atoms with van der Waals surface area (Å²) in [6.45, 7) is 3.68. The van der Waals surface area contributed by atoms with Crippen molar-refractivity contribution >= 4 is 38.6 Å². The van der Waals surface area contributed by atoms with Gasteiger partial charge in [0.2, 0.25) is 10.0 Å². The number of nitrogens with one attached hydrogen (secondary N) is 1. The lowest BCUT2D eigenvalue weighted by Gasteiger charge is -2.26. The zero-order valence-corrected chi connectivity index (χ0v) is 18.8. The summed E-state index contributed by atoms with van der Waals surface area (Å²) in [6, 6.07) is 8.60. The fourth-order valence-corrected chi connectivity index (χ4v) is 6.20. The molecular formula is C20H21N3O4S3. The maximum absolute atomic E-state index is 12.7. The smallest absolute Gasteiger partial charge is 0.263 e. The summed E-state index contributed by atoms with van der Waals surface area (Å²) < 4.78 is 32.0. The van der Waals surface area contributed by atoms with Gasteiger partial charge in [0, 0.05) is 30.6 Å². The van der Waals surface area contributed by atoms with E-state index in [2.05, 4.69) is 10.3 Å². The SMILES string of the molecule is Cc1nc(-c2ccsc2)sc1C(=O)NCc1ccc(S(=O)(=O)N2CCOCC2)cc1. The first-order valence-corrected chi connectivity index (χ1v) is 12.6. The number of aromatic nitrogens is 1. The lowest BCUT2D eigenvalue weighted by atomic mass is 10.2. The van der Waals surface area contributed by atoms with Gasteiger partial charge >= 0.3 is 0 Å². The average Bonchev–Trinajstić information content (AvgIpc) is 3.43. The van der Waals surface area contributed by atoms with Crippen molar-refractivity contribution in [3.63, 3.8) is 0 Å². The van der Waals surface area contributed by atoms with Crippen LogP contribution in [-0.4, -0.2) is 49.9 Å². The van der Waals surface area contributed by atoms with Gasteiger partial charge in [-0.1, -0.05) is 12.1 Å². The van der Waals surface area contributed by atoms with Crippen LogP contribution in [-0.2, 0) is 21.3 Å². The third kappa shape index (κ3) is 4.47. The molecule has 1 aliphatic rings. The molecule has 10 heteroatoms. The lowest BCUT2D eigenvalue weighted by molar-refractivity contribution is 0.0730. The van der Waals surface area contributed by atoms with Gasteiger partial charge < -0.3 is 10.1 Å². The molecule has 158 valence electrons. The number of hydrogen-bond donors (Lipinski definition) is 1. The summed E-state index contributed by atoms with van der Waals surface area (Å²) >= 11 is 2.96. The van der Waals surface area contributed by atoms with Gasteiger partial charge in [-0.25, -0.2) is 13.4 Å².